The fraction of sp³-hybridized carbons (Fsp3) is 0.800. The summed E-state index contributed by atoms with van der Waals surface area (Å²) in [6, 6.07) is 0. The Kier molecular flexibility index (Phi) is 8.41. The largest absolute Gasteiger partial charge is 0.267 e. The normalized spacial score (nSPS) is 13.2. The number of rotatable bonds is 10. The van der Waals surface area contributed by atoms with Crippen molar-refractivity contribution in [3.63, 3.8) is 0 Å². The Balaban J connectivity index is 3.87. The summed E-state index contributed by atoms with van der Waals surface area (Å²) in [5.74, 6) is -0.0512. The Labute approximate surface area is 109 Å². The molecule has 0 bridgehead atoms. The van der Waals surface area contributed by atoms with Crippen molar-refractivity contribution in [1.29, 1.82) is 0 Å². The monoisotopic (exact) mass is 300 g/mol. The predicted octanol–water partition coefficient (Wildman–Crippen LogP) is 1.06. The highest BCUT2D eigenvalue weighted by atomic mass is 32.2. The summed E-state index contributed by atoms with van der Waals surface area (Å²) in [4.78, 5) is 0. The number of hydrogen-bond donors (Lipinski definition) is 0. The SMILES string of the molecule is CCCS(=O)(=O)OCC=CCOS(=O)(=O)CCC. The zero-order valence-electron chi connectivity index (χ0n) is 10.7. The van der Waals surface area contributed by atoms with E-state index in [2.05, 4.69) is 8.37 Å². The summed E-state index contributed by atoms with van der Waals surface area (Å²) >= 11 is 0. The fourth-order valence-electron chi connectivity index (χ4n) is 1.04. The molecular weight excluding hydrogens is 280 g/mol. The van der Waals surface area contributed by atoms with Gasteiger partial charge in [-0.1, -0.05) is 26.0 Å². The van der Waals surface area contributed by atoms with Gasteiger partial charge in [-0.05, 0) is 12.8 Å². The lowest BCUT2D eigenvalue weighted by atomic mass is 10.5. The molecule has 0 rings (SSSR count). The summed E-state index contributed by atoms with van der Waals surface area (Å²) in [5.41, 5.74) is 0. The van der Waals surface area contributed by atoms with Crippen LogP contribution in [0, 0.1) is 0 Å². The van der Waals surface area contributed by atoms with Crippen LogP contribution in [-0.2, 0) is 28.6 Å². The second kappa shape index (κ2) is 8.63. The van der Waals surface area contributed by atoms with Crippen molar-refractivity contribution >= 4 is 20.2 Å². The molecule has 0 aliphatic carbocycles. The summed E-state index contributed by atoms with van der Waals surface area (Å²) in [5, 5.41) is 0. The van der Waals surface area contributed by atoms with Crippen molar-refractivity contribution in [3.8, 4) is 0 Å². The molecule has 0 unspecified atom stereocenters. The zero-order valence-corrected chi connectivity index (χ0v) is 12.3. The first-order valence-corrected chi connectivity index (χ1v) is 8.87. The van der Waals surface area contributed by atoms with E-state index in [1.807, 2.05) is 0 Å². The van der Waals surface area contributed by atoms with Gasteiger partial charge in [0.05, 0.1) is 24.7 Å². The molecule has 0 atom stereocenters. The first-order valence-electron chi connectivity index (χ1n) is 5.72. The van der Waals surface area contributed by atoms with E-state index in [0.29, 0.717) is 12.8 Å². The van der Waals surface area contributed by atoms with Gasteiger partial charge >= 0.3 is 0 Å². The molecule has 0 aromatic heterocycles. The van der Waals surface area contributed by atoms with Crippen molar-refractivity contribution in [3.05, 3.63) is 12.2 Å². The van der Waals surface area contributed by atoms with Gasteiger partial charge in [0.15, 0.2) is 0 Å². The third kappa shape index (κ3) is 9.58. The lowest BCUT2D eigenvalue weighted by Gasteiger charge is -2.01. The molecule has 8 heteroatoms. The molecule has 18 heavy (non-hydrogen) atoms. The summed E-state index contributed by atoms with van der Waals surface area (Å²) in [6.07, 6.45) is 3.80. The molecule has 0 heterocycles. The Hall–Kier alpha value is -0.440. The van der Waals surface area contributed by atoms with Gasteiger partial charge in [-0.15, -0.1) is 0 Å². The lowest BCUT2D eigenvalue weighted by molar-refractivity contribution is 0.345. The second-order valence-electron chi connectivity index (χ2n) is 3.56. The van der Waals surface area contributed by atoms with Crippen molar-refractivity contribution in [2.75, 3.05) is 24.7 Å². The van der Waals surface area contributed by atoms with Crippen LogP contribution in [0.1, 0.15) is 26.7 Å². The molecule has 0 aromatic carbocycles. The molecule has 0 amide bonds. The first-order chi connectivity index (χ1) is 8.33. The van der Waals surface area contributed by atoms with Crippen LogP contribution >= 0.6 is 0 Å². The summed E-state index contributed by atoms with van der Waals surface area (Å²) in [6.45, 7) is 3.26. The van der Waals surface area contributed by atoms with Crippen LogP contribution in [0.4, 0.5) is 0 Å². The summed E-state index contributed by atoms with van der Waals surface area (Å²) in [7, 11) is -6.93. The fourth-order valence-corrected chi connectivity index (χ4v) is 2.85. The molecule has 0 aliphatic rings. The maximum Gasteiger partial charge on any atom is 0.267 e. The quantitative estimate of drug-likeness (QED) is 0.443. The van der Waals surface area contributed by atoms with E-state index in [4.69, 9.17) is 0 Å². The van der Waals surface area contributed by atoms with Crippen LogP contribution in [0.25, 0.3) is 0 Å². The molecule has 0 spiro atoms. The molecule has 0 fully saturated rings. The maximum atomic E-state index is 11.1. The van der Waals surface area contributed by atoms with E-state index < -0.39 is 20.2 Å². The van der Waals surface area contributed by atoms with E-state index >= 15 is 0 Å². The molecule has 0 aliphatic heterocycles. The molecule has 0 saturated carbocycles. The van der Waals surface area contributed by atoms with Crippen molar-refractivity contribution in [2.24, 2.45) is 0 Å². The van der Waals surface area contributed by atoms with Gasteiger partial charge in [0.1, 0.15) is 0 Å². The minimum absolute atomic E-state index is 0.0256. The van der Waals surface area contributed by atoms with Crippen LogP contribution in [0.15, 0.2) is 12.2 Å². The molecular formula is C10H20O6S2. The first kappa shape index (κ1) is 17.6. The van der Waals surface area contributed by atoms with Gasteiger partial charge in [0.25, 0.3) is 20.2 Å². The molecule has 0 saturated heterocycles. The Morgan fingerprint density at radius 3 is 1.39 bits per heavy atom. The maximum absolute atomic E-state index is 11.1. The minimum atomic E-state index is -3.47. The third-order valence-corrected chi connectivity index (χ3v) is 4.57. The van der Waals surface area contributed by atoms with Gasteiger partial charge < -0.3 is 0 Å². The van der Waals surface area contributed by atoms with E-state index in [9.17, 15) is 16.8 Å². The second-order valence-corrected chi connectivity index (χ2v) is 7.08. The molecule has 0 aromatic rings. The van der Waals surface area contributed by atoms with Crippen LogP contribution < -0.4 is 0 Å². The van der Waals surface area contributed by atoms with E-state index in [1.165, 1.54) is 12.2 Å². The van der Waals surface area contributed by atoms with Crippen LogP contribution in [0.3, 0.4) is 0 Å². The third-order valence-electron chi connectivity index (χ3n) is 1.76. The van der Waals surface area contributed by atoms with Crippen molar-refractivity contribution in [2.45, 2.75) is 26.7 Å². The van der Waals surface area contributed by atoms with E-state index in [0.717, 1.165) is 0 Å². The highest BCUT2D eigenvalue weighted by molar-refractivity contribution is 7.86. The molecule has 6 nitrogen and oxygen atoms in total. The average Bonchev–Trinajstić information content (AvgIpc) is 2.22. The average molecular weight is 300 g/mol. The number of hydrogen-bond acceptors (Lipinski definition) is 6. The highest BCUT2D eigenvalue weighted by Crippen LogP contribution is 1.98. The highest BCUT2D eigenvalue weighted by Gasteiger charge is 2.08. The van der Waals surface area contributed by atoms with Gasteiger partial charge in [-0.3, -0.25) is 8.37 Å². The van der Waals surface area contributed by atoms with Gasteiger partial charge in [0, 0.05) is 0 Å². The minimum Gasteiger partial charge on any atom is -0.266 e. The van der Waals surface area contributed by atoms with Crippen molar-refractivity contribution in [1.82, 2.24) is 0 Å². The van der Waals surface area contributed by atoms with E-state index in [1.54, 1.807) is 13.8 Å². The zero-order chi connectivity index (χ0) is 14.1. The Morgan fingerprint density at radius 1 is 0.778 bits per heavy atom. The van der Waals surface area contributed by atoms with Crippen LogP contribution in [0.5, 0.6) is 0 Å². The van der Waals surface area contributed by atoms with E-state index in [-0.39, 0.29) is 24.7 Å². The lowest BCUT2D eigenvalue weighted by Crippen LogP contribution is -2.11. The molecule has 108 valence electrons. The van der Waals surface area contributed by atoms with Gasteiger partial charge in [-0.2, -0.15) is 16.8 Å². The van der Waals surface area contributed by atoms with Crippen LogP contribution in [0.2, 0.25) is 0 Å². The van der Waals surface area contributed by atoms with Gasteiger partial charge in [-0.25, -0.2) is 0 Å². The topological polar surface area (TPSA) is 86.7 Å². The molecule has 0 N–H and O–H groups in total. The smallest absolute Gasteiger partial charge is 0.266 e. The Morgan fingerprint density at radius 2 is 1.11 bits per heavy atom. The predicted molar refractivity (Wildman–Crippen MR) is 69.2 cm³/mol. The standard InChI is InChI=1S/C10H20O6S2/c1-3-9-17(11,12)15-7-5-6-8-16-18(13,14)10-4-2/h5-6H,3-4,7-10H2,1-2H3. The van der Waals surface area contributed by atoms with Crippen molar-refractivity contribution < 1.29 is 25.2 Å². The van der Waals surface area contributed by atoms with Gasteiger partial charge in [0.2, 0.25) is 0 Å². The summed E-state index contributed by atoms with van der Waals surface area (Å²) < 4.78 is 53.8. The van der Waals surface area contributed by atoms with Crippen LogP contribution in [-0.4, -0.2) is 41.6 Å². The Bertz CT molecular complexity index is 393. The molecule has 0 radical (unpaired) electrons.